The lowest BCUT2D eigenvalue weighted by atomic mass is 10.1. The maximum absolute atomic E-state index is 13.0. The van der Waals surface area contributed by atoms with Gasteiger partial charge in [0.1, 0.15) is 11.6 Å². The first-order valence-electron chi connectivity index (χ1n) is 5.61. The lowest BCUT2D eigenvalue weighted by Gasteiger charge is -2.03. The van der Waals surface area contributed by atoms with Crippen LogP contribution >= 0.6 is 11.3 Å². The van der Waals surface area contributed by atoms with E-state index in [1.165, 1.54) is 16.8 Å². The molecular weight excluding hydrogens is 247 g/mol. The highest BCUT2D eigenvalue weighted by Gasteiger charge is 2.13. The number of halogens is 1. The van der Waals surface area contributed by atoms with Crippen molar-refractivity contribution < 1.29 is 9.13 Å². The first kappa shape index (κ1) is 11.2. The molecule has 0 aliphatic carbocycles. The van der Waals surface area contributed by atoms with Crippen molar-refractivity contribution in [3.63, 3.8) is 0 Å². The molecule has 0 saturated carbocycles. The van der Waals surface area contributed by atoms with Crippen molar-refractivity contribution in [3.8, 4) is 16.2 Å². The van der Waals surface area contributed by atoms with Crippen LogP contribution in [0.4, 0.5) is 4.39 Å². The lowest BCUT2D eigenvalue weighted by Crippen LogP contribution is -1.83. The summed E-state index contributed by atoms with van der Waals surface area (Å²) in [6.07, 6.45) is 0. The highest BCUT2D eigenvalue weighted by Crippen LogP contribution is 2.43. The van der Waals surface area contributed by atoms with E-state index in [-0.39, 0.29) is 5.82 Å². The van der Waals surface area contributed by atoms with Gasteiger partial charge in [0.05, 0.1) is 12.0 Å². The summed E-state index contributed by atoms with van der Waals surface area (Å²) in [6.45, 7) is 0. The molecule has 0 radical (unpaired) electrons. The highest BCUT2D eigenvalue weighted by atomic mass is 32.1. The summed E-state index contributed by atoms with van der Waals surface area (Å²) in [7, 11) is 1.67. The summed E-state index contributed by atoms with van der Waals surface area (Å²) in [4.78, 5) is 1.04. The van der Waals surface area contributed by atoms with Gasteiger partial charge in [-0.05, 0) is 29.8 Å². The number of rotatable bonds is 2. The fourth-order valence-electron chi connectivity index (χ4n) is 2.02. The van der Waals surface area contributed by atoms with E-state index in [0.717, 1.165) is 21.6 Å². The van der Waals surface area contributed by atoms with Crippen molar-refractivity contribution in [2.45, 2.75) is 0 Å². The summed E-state index contributed by atoms with van der Waals surface area (Å²) in [5.41, 5.74) is 0.981. The van der Waals surface area contributed by atoms with Gasteiger partial charge in [-0.3, -0.25) is 0 Å². The van der Waals surface area contributed by atoms with Crippen LogP contribution in [0.3, 0.4) is 0 Å². The fourth-order valence-corrected chi connectivity index (χ4v) is 3.19. The highest BCUT2D eigenvalue weighted by molar-refractivity contribution is 7.22. The Labute approximate surface area is 108 Å². The van der Waals surface area contributed by atoms with Crippen molar-refractivity contribution in [1.82, 2.24) is 0 Å². The predicted molar refractivity (Wildman–Crippen MR) is 73.8 cm³/mol. The van der Waals surface area contributed by atoms with Crippen LogP contribution in [0.25, 0.3) is 20.5 Å². The Morgan fingerprint density at radius 2 is 1.72 bits per heavy atom. The molecule has 0 aliphatic rings. The molecule has 3 rings (SSSR count). The van der Waals surface area contributed by atoms with Crippen LogP contribution in [-0.2, 0) is 0 Å². The van der Waals surface area contributed by atoms with Gasteiger partial charge in [0.2, 0.25) is 0 Å². The van der Waals surface area contributed by atoms with E-state index in [9.17, 15) is 4.39 Å². The van der Waals surface area contributed by atoms with Crippen LogP contribution in [0.15, 0.2) is 48.5 Å². The zero-order chi connectivity index (χ0) is 12.5. The van der Waals surface area contributed by atoms with Crippen molar-refractivity contribution >= 4 is 21.4 Å². The third-order valence-corrected chi connectivity index (χ3v) is 4.06. The molecular formula is C15H11FOS. The third kappa shape index (κ3) is 1.77. The Balaban J connectivity index is 2.25. The van der Waals surface area contributed by atoms with Crippen LogP contribution in [0.1, 0.15) is 0 Å². The maximum atomic E-state index is 13.0. The van der Waals surface area contributed by atoms with Gasteiger partial charge in [0.15, 0.2) is 0 Å². The van der Waals surface area contributed by atoms with E-state index >= 15 is 0 Å². The average molecular weight is 258 g/mol. The summed E-state index contributed by atoms with van der Waals surface area (Å²) < 4.78 is 19.6. The zero-order valence-corrected chi connectivity index (χ0v) is 10.6. The van der Waals surface area contributed by atoms with E-state index in [1.807, 2.05) is 18.2 Å². The van der Waals surface area contributed by atoms with Gasteiger partial charge in [0, 0.05) is 10.1 Å². The zero-order valence-electron chi connectivity index (χ0n) is 9.81. The molecule has 0 saturated heterocycles. The minimum atomic E-state index is -0.223. The van der Waals surface area contributed by atoms with Crippen molar-refractivity contribution in [2.24, 2.45) is 0 Å². The van der Waals surface area contributed by atoms with E-state index < -0.39 is 0 Å². The second kappa shape index (κ2) is 4.42. The molecule has 1 nitrogen and oxygen atoms in total. The Bertz CT molecular complexity index is 685. The third-order valence-electron chi connectivity index (χ3n) is 2.86. The Kier molecular flexibility index (Phi) is 2.76. The molecule has 1 aromatic heterocycles. The van der Waals surface area contributed by atoms with Gasteiger partial charge >= 0.3 is 0 Å². The van der Waals surface area contributed by atoms with Gasteiger partial charge in [-0.25, -0.2) is 4.39 Å². The molecule has 0 bridgehead atoms. The second-order valence-corrected chi connectivity index (χ2v) is 5.02. The average Bonchev–Trinajstić information content (AvgIpc) is 2.78. The predicted octanol–water partition coefficient (Wildman–Crippen LogP) is 4.72. The number of thiophene rings is 1. The summed E-state index contributed by atoms with van der Waals surface area (Å²) in [5.74, 6) is 0.640. The number of hydrogen-bond donors (Lipinski definition) is 0. The first-order valence-corrected chi connectivity index (χ1v) is 6.42. The normalized spacial score (nSPS) is 10.8. The molecule has 0 unspecified atom stereocenters. The maximum Gasteiger partial charge on any atom is 0.145 e. The quantitative estimate of drug-likeness (QED) is 0.646. The smallest absolute Gasteiger partial charge is 0.145 e. The molecule has 0 fully saturated rings. The Morgan fingerprint density at radius 1 is 1.00 bits per heavy atom. The number of ether oxygens (including phenoxy) is 1. The number of fused-ring (bicyclic) bond motifs is 1. The minimum absolute atomic E-state index is 0.223. The van der Waals surface area contributed by atoms with Crippen LogP contribution in [0, 0.1) is 5.82 Å². The number of hydrogen-bond acceptors (Lipinski definition) is 2. The van der Waals surface area contributed by atoms with Crippen molar-refractivity contribution in [1.29, 1.82) is 0 Å². The monoisotopic (exact) mass is 258 g/mol. The molecule has 0 spiro atoms. The molecule has 1 heterocycles. The lowest BCUT2D eigenvalue weighted by molar-refractivity contribution is 0.423. The van der Waals surface area contributed by atoms with Crippen LogP contribution in [-0.4, -0.2) is 7.11 Å². The number of methoxy groups -OCH3 is 1. The van der Waals surface area contributed by atoms with E-state index in [0.29, 0.717) is 0 Å². The summed E-state index contributed by atoms with van der Waals surface area (Å²) >= 11 is 1.66. The molecule has 2 aromatic carbocycles. The molecule has 0 amide bonds. The Hall–Kier alpha value is -1.87. The molecule has 0 atom stereocenters. The van der Waals surface area contributed by atoms with Crippen LogP contribution in [0.2, 0.25) is 0 Å². The van der Waals surface area contributed by atoms with E-state index in [4.69, 9.17) is 4.74 Å². The molecule has 0 N–H and O–H groups in total. The number of benzene rings is 2. The van der Waals surface area contributed by atoms with Crippen LogP contribution in [0.5, 0.6) is 5.75 Å². The summed E-state index contributed by atoms with van der Waals surface area (Å²) in [6, 6.07) is 14.6. The van der Waals surface area contributed by atoms with Gasteiger partial charge in [-0.15, -0.1) is 11.3 Å². The molecule has 18 heavy (non-hydrogen) atoms. The summed E-state index contributed by atoms with van der Waals surface area (Å²) in [5, 5.41) is 1.10. The van der Waals surface area contributed by atoms with E-state index in [1.54, 1.807) is 30.6 Å². The van der Waals surface area contributed by atoms with Gasteiger partial charge < -0.3 is 4.74 Å². The molecule has 3 heteroatoms. The van der Waals surface area contributed by atoms with E-state index in [2.05, 4.69) is 6.07 Å². The van der Waals surface area contributed by atoms with Gasteiger partial charge in [-0.2, -0.15) is 0 Å². The Morgan fingerprint density at radius 3 is 2.44 bits per heavy atom. The van der Waals surface area contributed by atoms with Crippen LogP contribution < -0.4 is 4.74 Å². The molecule has 3 aromatic rings. The van der Waals surface area contributed by atoms with Crippen molar-refractivity contribution in [2.75, 3.05) is 7.11 Å². The topological polar surface area (TPSA) is 9.23 Å². The standard InChI is InChI=1S/C15H11FOS/c1-17-14-12-4-2-3-5-13(12)18-15(14)10-6-8-11(16)9-7-10/h2-9H,1H3. The molecule has 90 valence electrons. The minimum Gasteiger partial charge on any atom is -0.495 e. The fraction of sp³-hybridized carbons (Fsp3) is 0.0667. The second-order valence-electron chi connectivity index (χ2n) is 3.97. The largest absolute Gasteiger partial charge is 0.495 e. The van der Waals surface area contributed by atoms with Crippen molar-refractivity contribution in [3.05, 3.63) is 54.3 Å². The molecule has 0 aliphatic heterocycles. The SMILES string of the molecule is COc1c(-c2ccc(F)cc2)sc2ccccc12. The van der Waals surface area contributed by atoms with Gasteiger partial charge in [0.25, 0.3) is 0 Å². The first-order chi connectivity index (χ1) is 8.79. The van der Waals surface area contributed by atoms with Gasteiger partial charge in [-0.1, -0.05) is 24.3 Å².